The van der Waals surface area contributed by atoms with Crippen LogP contribution in [0.15, 0.2) is 23.6 Å². The monoisotopic (exact) mass is 277 g/mol. The summed E-state index contributed by atoms with van der Waals surface area (Å²) in [5.41, 5.74) is 1.71. The lowest BCUT2D eigenvalue weighted by molar-refractivity contribution is 1.23. The number of aromatic nitrogens is 1. The van der Waals surface area contributed by atoms with Crippen molar-refractivity contribution in [2.45, 2.75) is 5.88 Å². The van der Waals surface area contributed by atoms with Crippen molar-refractivity contribution < 1.29 is 0 Å². The Bertz CT molecular complexity index is 481. The SMILES string of the molecule is ClCc1csc(-c2cccc(Cl)c2Cl)n1. The molecule has 0 unspecified atom stereocenters. The van der Waals surface area contributed by atoms with E-state index in [9.17, 15) is 0 Å². The van der Waals surface area contributed by atoms with Gasteiger partial charge in [0.1, 0.15) is 5.01 Å². The lowest BCUT2D eigenvalue weighted by atomic mass is 10.2. The molecule has 0 atom stereocenters. The Labute approximate surface area is 107 Å². The number of nitrogens with zero attached hydrogens (tertiary/aromatic N) is 1. The van der Waals surface area contributed by atoms with Gasteiger partial charge >= 0.3 is 0 Å². The number of alkyl halides is 1. The second kappa shape index (κ2) is 4.71. The summed E-state index contributed by atoms with van der Waals surface area (Å²) in [5.74, 6) is 0.411. The molecule has 0 spiro atoms. The van der Waals surface area contributed by atoms with Gasteiger partial charge in [0.25, 0.3) is 0 Å². The van der Waals surface area contributed by atoms with E-state index in [2.05, 4.69) is 4.98 Å². The normalized spacial score (nSPS) is 10.6. The Hall–Kier alpha value is -0.280. The zero-order valence-corrected chi connectivity index (χ0v) is 10.6. The molecule has 1 heterocycles. The summed E-state index contributed by atoms with van der Waals surface area (Å²) in [6.07, 6.45) is 0. The van der Waals surface area contributed by atoms with E-state index in [1.807, 2.05) is 17.5 Å². The van der Waals surface area contributed by atoms with E-state index in [4.69, 9.17) is 34.8 Å². The third kappa shape index (κ3) is 2.28. The zero-order chi connectivity index (χ0) is 10.8. The molecule has 1 nitrogen and oxygen atoms in total. The van der Waals surface area contributed by atoms with Crippen molar-refractivity contribution in [3.63, 3.8) is 0 Å². The molecule has 0 aliphatic rings. The maximum absolute atomic E-state index is 6.08. The Morgan fingerprint density at radius 3 is 2.73 bits per heavy atom. The lowest BCUT2D eigenvalue weighted by Gasteiger charge is -2.01. The highest BCUT2D eigenvalue weighted by molar-refractivity contribution is 7.13. The van der Waals surface area contributed by atoms with Crippen LogP contribution in [0.4, 0.5) is 0 Å². The number of hydrogen-bond donors (Lipinski definition) is 0. The summed E-state index contributed by atoms with van der Waals surface area (Å²) < 4.78 is 0. The third-order valence-electron chi connectivity index (χ3n) is 1.87. The van der Waals surface area contributed by atoms with Gasteiger partial charge in [-0.25, -0.2) is 4.98 Å². The number of halogens is 3. The predicted octanol–water partition coefficient (Wildman–Crippen LogP) is 4.86. The van der Waals surface area contributed by atoms with Crippen LogP contribution in [0, 0.1) is 0 Å². The highest BCUT2D eigenvalue weighted by Crippen LogP contribution is 2.35. The molecular formula is C10H6Cl3NS. The molecule has 0 saturated heterocycles. The molecule has 1 aromatic carbocycles. The first-order chi connectivity index (χ1) is 7.22. The van der Waals surface area contributed by atoms with Crippen molar-refractivity contribution in [2.24, 2.45) is 0 Å². The molecule has 0 aliphatic carbocycles. The largest absolute Gasteiger partial charge is 0.240 e. The van der Waals surface area contributed by atoms with Crippen LogP contribution in [-0.4, -0.2) is 4.98 Å². The van der Waals surface area contributed by atoms with Gasteiger partial charge in [-0.1, -0.05) is 35.3 Å². The van der Waals surface area contributed by atoms with E-state index < -0.39 is 0 Å². The van der Waals surface area contributed by atoms with E-state index >= 15 is 0 Å². The topological polar surface area (TPSA) is 12.9 Å². The van der Waals surface area contributed by atoms with Crippen LogP contribution < -0.4 is 0 Å². The molecule has 0 saturated carbocycles. The van der Waals surface area contributed by atoms with E-state index in [0.717, 1.165) is 16.3 Å². The van der Waals surface area contributed by atoms with E-state index in [1.54, 1.807) is 6.07 Å². The second-order valence-corrected chi connectivity index (χ2v) is 4.79. The van der Waals surface area contributed by atoms with Crippen molar-refractivity contribution in [3.8, 4) is 10.6 Å². The van der Waals surface area contributed by atoms with Gasteiger partial charge in [-0.15, -0.1) is 22.9 Å². The number of rotatable bonds is 2. The first-order valence-electron chi connectivity index (χ1n) is 4.17. The standard InChI is InChI=1S/C10H6Cl3NS/c11-4-6-5-15-10(14-6)7-2-1-3-8(12)9(7)13/h1-3,5H,4H2. The summed E-state index contributed by atoms with van der Waals surface area (Å²) in [4.78, 5) is 4.34. The number of benzene rings is 1. The summed E-state index contributed by atoms with van der Waals surface area (Å²) in [7, 11) is 0. The van der Waals surface area contributed by atoms with Gasteiger partial charge in [0.05, 0.1) is 21.6 Å². The molecule has 1 aromatic heterocycles. The smallest absolute Gasteiger partial charge is 0.125 e. The van der Waals surface area contributed by atoms with E-state index in [-0.39, 0.29) is 0 Å². The maximum Gasteiger partial charge on any atom is 0.125 e. The Morgan fingerprint density at radius 2 is 2.07 bits per heavy atom. The van der Waals surface area contributed by atoms with Crippen LogP contribution in [0.2, 0.25) is 10.0 Å². The molecule has 15 heavy (non-hydrogen) atoms. The molecule has 78 valence electrons. The minimum absolute atomic E-state index is 0.411. The zero-order valence-electron chi connectivity index (χ0n) is 7.51. The molecule has 0 radical (unpaired) electrons. The Morgan fingerprint density at radius 1 is 1.27 bits per heavy atom. The van der Waals surface area contributed by atoms with Gasteiger partial charge in [-0.3, -0.25) is 0 Å². The van der Waals surface area contributed by atoms with Crippen molar-refractivity contribution in [1.29, 1.82) is 0 Å². The predicted molar refractivity (Wildman–Crippen MR) is 67.1 cm³/mol. The van der Waals surface area contributed by atoms with Crippen molar-refractivity contribution in [2.75, 3.05) is 0 Å². The molecule has 0 amide bonds. The van der Waals surface area contributed by atoms with Crippen LogP contribution in [0.1, 0.15) is 5.69 Å². The minimum Gasteiger partial charge on any atom is -0.240 e. The summed E-state index contributed by atoms with van der Waals surface area (Å²) >= 11 is 19.2. The summed E-state index contributed by atoms with van der Waals surface area (Å²) in [6, 6.07) is 5.50. The third-order valence-corrected chi connectivity index (χ3v) is 3.89. The fourth-order valence-electron chi connectivity index (χ4n) is 1.16. The van der Waals surface area contributed by atoms with Gasteiger partial charge in [0.2, 0.25) is 0 Å². The molecule has 2 aromatic rings. The fraction of sp³-hybridized carbons (Fsp3) is 0.100. The van der Waals surface area contributed by atoms with Crippen LogP contribution in [0.3, 0.4) is 0 Å². The number of hydrogen-bond acceptors (Lipinski definition) is 2. The van der Waals surface area contributed by atoms with Gasteiger partial charge in [0.15, 0.2) is 0 Å². The van der Waals surface area contributed by atoms with Gasteiger partial charge in [-0.2, -0.15) is 0 Å². The van der Waals surface area contributed by atoms with Crippen molar-refractivity contribution >= 4 is 46.1 Å². The van der Waals surface area contributed by atoms with E-state index in [1.165, 1.54) is 11.3 Å². The highest BCUT2D eigenvalue weighted by Gasteiger charge is 2.10. The van der Waals surface area contributed by atoms with Gasteiger partial charge in [-0.05, 0) is 6.07 Å². The van der Waals surface area contributed by atoms with Gasteiger partial charge in [0, 0.05) is 10.9 Å². The molecule has 0 bridgehead atoms. The Balaban J connectivity index is 2.49. The average molecular weight is 279 g/mol. The molecule has 0 fully saturated rings. The van der Waals surface area contributed by atoms with Crippen LogP contribution in [0.5, 0.6) is 0 Å². The quantitative estimate of drug-likeness (QED) is 0.715. The van der Waals surface area contributed by atoms with E-state index in [0.29, 0.717) is 15.9 Å². The number of thiazole rings is 1. The second-order valence-electron chi connectivity index (χ2n) is 2.88. The lowest BCUT2D eigenvalue weighted by Crippen LogP contribution is -1.81. The summed E-state index contributed by atoms with van der Waals surface area (Å²) in [5, 5.41) is 3.84. The first-order valence-corrected chi connectivity index (χ1v) is 6.34. The summed E-state index contributed by atoms with van der Waals surface area (Å²) in [6.45, 7) is 0. The van der Waals surface area contributed by atoms with Crippen molar-refractivity contribution in [3.05, 3.63) is 39.3 Å². The molecule has 0 N–H and O–H groups in total. The van der Waals surface area contributed by atoms with Crippen LogP contribution >= 0.6 is 46.1 Å². The maximum atomic E-state index is 6.08. The molecule has 2 rings (SSSR count). The molecule has 0 aliphatic heterocycles. The highest BCUT2D eigenvalue weighted by atomic mass is 35.5. The molecule has 5 heteroatoms. The average Bonchev–Trinajstić information content (AvgIpc) is 2.70. The first kappa shape index (κ1) is 11.2. The minimum atomic E-state index is 0.411. The molecular weight excluding hydrogens is 273 g/mol. The van der Waals surface area contributed by atoms with Crippen LogP contribution in [-0.2, 0) is 5.88 Å². The van der Waals surface area contributed by atoms with Crippen LogP contribution in [0.25, 0.3) is 10.6 Å². The Kier molecular flexibility index (Phi) is 3.52. The van der Waals surface area contributed by atoms with Gasteiger partial charge < -0.3 is 0 Å². The van der Waals surface area contributed by atoms with Crippen molar-refractivity contribution in [1.82, 2.24) is 4.98 Å². The fourth-order valence-corrected chi connectivity index (χ4v) is 2.69.